The summed E-state index contributed by atoms with van der Waals surface area (Å²) in [7, 11) is 0. The highest BCUT2D eigenvalue weighted by molar-refractivity contribution is 6.29. The van der Waals surface area contributed by atoms with E-state index in [4.69, 9.17) is 11.6 Å². The van der Waals surface area contributed by atoms with Crippen LogP contribution in [0.25, 0.3) is 5.65 Å². The maximum Gasteiger partial charge on any atom is 0.177 e. The first-order valence-electron chi connectivity index (χ1n) is 5.18. The van der Waals surface area contributed by atoms with Crippen molar-refractivity contribution in [2.45, 2.75) is 12.3 Å². The number of hydrogen-bond donors (Lipinski definition) is 0. The molecule has 0 spiro atoms. The van der Waals surface area contributed by atoms with E-state index in [0.29, 0.717) is 11.3 Å². The van der Waals surface area contributed by atoms with Crippen molar-refractivity contribution in [2.75, 3.05) is 18.0 Å². The number of aromatic nitrogens is 3. The Bertz CT molecular complexity index is 548. The molecule has 7 heteroatoms. The first-order chi connectivity index (χ1) is 8.15. The summed E-state index contributed by atoms with van der Waals surface area (Å²) in [6.07, 6.45) is 0.285. The predicted molar refractivity (Wildman–Crippen MR) is 60.0 cm³/mol. The second-order valence-electron chi connectivity index (χ2n) is 3.98. The Morgan fingerprint density at radius 2 is 2.00 bits per heavy atom. The average Bonchev–Trinajstić information content (AvgIpc) is 2.85. The molecule has 17 heavy (non-hydrogen) atoms. The van der Waals surface area contributed by atoms with Gasteiger partial charge in [-0.2, -0.15) is 5.10 Å². The van der Waals surface area contributed by atoms with Gasteiger partial charge in [-0.1, -0.05) is 11.6 Å². The Hall–Kier alpha value is -1.43. The minimum absolute atomic E-state index is 0.0179. The van der Waals surface area contributed by atoms with E-state index in [0.717, 1.165) is 0 Å². The van der Waals surface area contributed by atoms with E-state index in [1.54, 1.807) is 23.4 Å². The highest BCUT2D eigenvalue weighted by Gasteiger charge is 2.34. The highest BCUT2D eigenvalue weighted by atomic mass is 35.5. The molecule has 0 saturated carbocycles. The van der Waals surface area contributed by atoms with E-state index in [1.807, 2.05) is 0 Å². The summed E-state index contributed by atoms with van der Waals surface area (Å²) < 4.78 is 27.9. The van der Waals surface area contributed by atoms with Gasteiger partial charge in [-0.25, -0.2) is 18.3 Å². The van der Waals surface area contributed by atoms with Gasteiger partial charge in [-0.05, 0) is 0 Å². The third-order valence-electron chi connectivity index (χ3n) is 2.83. The molecule has 1 saturated heterocycles. The topological polar surface area (TPSA) is 33.4 Å². The second-order valence-corrected chi connectivity index (χ2v) is 4.37. The van der Waals surface area contributed by atoms with Crippen LogP contribution in [-0.4, -0.2) is 40.0 Å². The standard InChI is InChI=1S/C10H9ClF2N4/c11-9-3-8(10-14-1-2-17(10)15-9)16-4-6(12)7(13)5-16/h1-3,6-7H,4-5H2/t6-,7+. The van der Waals surface area contributed by atoms with Gasteiger partial charge in [0.05, 0.1) is 18.8 Å². The van der Waals surface area contributed by atoms with Crippen molar-refractivity contribution in [1.82, 2.24) is 14.6 Å². The van der Waals surface area contributed by atoms with Crippen LogP contribution in [0.1, 0.15) is 0 Å². The molecule has 0 unspecified atom stereocenters. The molecule has 0 aromatic carbocycles. The molecule has 4 nitrogen and oxygen atoms in total. The lowest BCUT2D eigenvalue weighted by Crippen LogP contribution is -2.21. The van der Waals surface area contributed by atoms with Crippen LogP contribution in [0.2, 0.25) is 5.15 Å². The lowest BCUT2D eigenvalue weighted by atomic mass is 10.3. The molecule has 0 aliphatic carbocycles. The quantitative estimate of drug-likeness (QED) is 0.783. The minimum Gasteiger partial charge on any atom is -0.362 e. The molecular formula is C10H9ClF2N4. The average molecular weight is 259 g/mol. The normalized spacial score (nSPS) is 24.8. The van der Waals surface area contributed by atoms with Crippen molar-refractivity contribution in [3.8, 4) is 0 Å². The lowest BCUT2D eigenvalue weighted by molar-refractivity contribution is 0.217. The molecule has 2 aromatic rings. The van der Waals surface area contributed by atoms with Crippen LogP contribution in [0.4, 0.5) is 14.5 Å². The summed E-state index contributed by atoms with van der Waals surface area (Å²) in [5, 5.41) is 4.28. The molecule has 3 heterocycles. The first kappa shape index (κ1) is 10.7. The molecule has 0 bridgehead atoms. The second kappa shape index (κ2) is 3.80. The van der Waals surface area contributed by atoms with Crippen molar-refractivity contribution >= 4 is 22.9 Å². The molecule has 90 valence electrons. The fourth-order valence-electron chi connectivity index (χ4n) is 2.02. The molecule has 3 rings (SSSR count). The van der Waals surface area contributed by atoms with Crippen LogP contribution < -0.4 is 4.90 Å². The summed E-state index contributed by atoms with van der Waals surface area (Å²) in [5.41, 5.74) is 1.16. The Kier molecular flexibility index (Phi) is 2.39. The van der Waals surface area contributed by atoms with Gasteiger partial charge in [-0.3, -0.25) is 0 Å². The van der Waals surface area contributed by atoms with E-state index in [9.17, 15) is 8.78 Å². The zero-order chi connectivity index (χ0) is 12.0. The third kappa shape index (κ3) is 1.72. The van der Waals surface area contributed by atoms with Crippen molar-refractivity contribution in [1.29, 1.82) is 0 Å². The van der Waals surface area contributed by atoms with Crippen molar-refractivity contribution in [3.63, 3.8) is 0 Å². The molecule has 1 fully saturated rings. The first-order valence-corrected chi connectivity index (χ1v) is 5.56. The number of anilines is 1. The SMILES string of the molecule is F[C@@H]1CN(c2cc(Cl)nn3ccnc23)C[C@@H]1F. The number of hydrogen-bond acceptors (Lipinski definition) is 3. The van der Waals surface area contributed by atoms with Gasteiger partial charge in [0, 0.05) is 18.5 Å². The minimum atomic E-state index is -1.46. The van der Waals surface area contributed by atoms with E-state index < -0.39 is 12.3 Å². The van der Waals surface area contributed by atoms with Gasteiger partial charge in [0.25, 0.3) is 0 Å². The van der Waals surface area contributed by atoms with Gasteiger partial charge in [-0.15, -0.1) is 0 Å². The molecule has 1 aliphatic heterocycles. The van der Waals surface area contributed by atoms with Crippen LogP contribution in [0.3, 0.4) is 0 Å². The Morgan fingerprint density at radius 1 is 1.29 bits per heavy atom. The number of rotatable bonds is 1. The van der Waals surface area contributed by atoms with Crippen LogP contribution in [0, 0.1) is 0 Å². The summed E-state index contributed by atoms with van der Waals surface area (Å²) in [6.45, 7) is 0.0358. The van der Waals surface area contributed by atoms with Crippen LogP contribution in [-0.2, 0) is 0 Å². The largest absolute Gasteiger partial charge is 0.362 e. The van der Waals surface area contributed by atoms with Gasteiger partial charge < -0.3 is 4.90 Å². The van der Waals surface area contributed by atoms with E-state index in [1.165, 1.54) is 4.52 Å². The zero-order valence-corrected chi connectivity index (χ0v) is 9.48. The van der Waals surface area contributed by atoms with Crippen molar-refractivity contribution < 1.29 is 8.78 Å². The molecule has 0 amide bonds. The molecule has 0 N–H and O–H groups in total. The fraction of sp³-hybridized carbons (Fsp3) is 0.400. The number of halogens is 3. The third-order valence-corrected chi connectivity index (χ3v) is 3.02. The van der Waals surface area contributed by atoms with Crippen LogP contribution >= 0.6 is 11.6 Å². The van der Waals surface area contributed by atoms with Crippen LogP contribution in [0.15, 0.2) is 18.5 Å². The summed E-state index contributed by atoms with van der Waals surface area (Å²) >= 11 is 5.86. The number of nitrogens with zero attached hydrogens (tertiary/aromatic N) is 4. The molecule has 2 aromatic heterocycles. The maximum absolute atomic E-state index is 13.2. The molecule has 1 aliphatic rings. The maximum atomic E-state index is 13.2. The molecule has 2 atom stereocenters. The zero-order valence-electron chi connectivity index (χ0n) is 8.72. The number of imidazole rings is 1. The van der Waals surface area contributed by atoms with Gasteiger partial charge in [0.2, 0.25) is 0 Å². The van der Waals surface area contributed by atoms with E-state index >= 15 is 0 Å². The van der Waals surface area contributed by atoms with Gasteiger partial charge >= 0.3 is 0 Å². The van der Waals surface area contributed by atoms with Crippen molar-refractivity contribution in [3.05, 3.63) is 23.6 Å². The summed E-state index contributed by atoms with van der Waals surface area (Å²) in [5.74, 6) is 0. The Balaban J connectivity index is 2.08. The fourth-order valence-corrected chi connectivity index (χ4v) is 2.21. The Morgan fingerprint density at radius 3 is 2.71 bits per heavy atom. The molecular weight excluding hydrogens is 250 g/mol. The van der Waals surface area contributed by atoms with Crippen molar-refractivity contribution in [2.24, 2.45) is 0 Å². The summed E-state index contributed by atoms with van der Waals surface area (Å²) in [4.78, 5) is 5.71. The molecule has 0 radical (unpaired) electrons. The van der Waals surface area contributed by atoms with Crippen LogP contribution in [0.5, 0.6) is 0 Å². The summed E-state index contributed by atoms with van der Waals surface area (Å²) in [6, 6.07) is 1.58. The lowest BCUT2D eigenvalue weighted by Gasteiger charge is -2.17. The monoisotopic (exact) mass is 258 g/mol. The van der Waals surface area contributed by atoms with Gasteiger partial charge in [0.1, 0.15) is 0 Å². The smallest absolute Gasteiger partial charge is 0.177 e. The number of fused-ring (bicyclic) bond motifs is 1. The predicted octanol–water partition coefficient (Wildman–Crippen LogP) is 1.88. The van der Waals surface area contributed by atoms with E-state index in [2.05, 4.69) is 10.1 Å². The number of alkyl halides is 2. The Labute approximate surface area is 101 Å². The van der Waals surface area contributed by atoms with E-state index in [-0.39, 0.29) is 18.2 Å². The highest BCUT2D eigenvalue weighted by Crippen LogP contribution is 2.28. The van der Waals surface area contributed by atoms with Gasteiger partial charge in [0.15, 0.2) is 23.1 Å².